The molecule has 0 amide bonds. The highest BCUT2D eigenvalue weighted by molar-refractivity contribution is 7.89. The molecule has 0 heterocycles. The predicted octanol–water partition coefficient (Wildman–Crippen LogP) is 3.31. The van der Waals surface area contributed by atoms with Gasteiger partial charge in [0.05, 0.1) is 17.5 Å². The molecule has 2 aromatic rings. The highest BCUT2D eigenvalue weighted by Crippen LogP contribution is 2.38. The van der Waals surface area contributed by atoms with Crippen molar-refractivity contribution in [2.75, 3.05) is 6.54 Å². The molecule has 0 fully saturated rings. The van der Waals surface area contributed by atoms with E-state index >= 15 is 0 Å². The van der Waals surface area contributed by atoms with Crippen LogP contribution in [0.3, 0.4) is 0 Å². The number of fused-ring (bicyclic) bond motifs is 1. The zero-order valence-corrected chi connectivity index (χ0v) is 13.9. The molecule has 1 atom stereocenters. The van der Waals surface area contributed by atoms with Crippen molar-refractivity contribution in [2.24, 2.45) is 0 Å². The first kappa shape index (κ1) is 15.8. The van der Waals surface area contributed by atoms with Gasteiger partial charge in [-0.15, -0.1) is 6.42 Å². The number of sulfonamides is 1. The summed E-state index contributed by atoms with van der Waals surface area (Å²) >= 11 is 0. The first-order valence-electron chi connectivity index (χ1n) is 7.64. The summed E-state index contributed by atoms with van der Waals surface area (Å²) in [5.74, 6) is 2.51. The summed E-state index contributed by atoms with van der Waals surface area (Å²) in [7, 11) is -3.62. The zero-order chi connectivity index (χ0) is 16.4. The van der Waals surface area contributed by atoms with Crippen molar-refractivity contribution < 1.29 is 8.42 Å². The fourth-order valence-electron chi connectivity index (χ4n) is 3.13. The Bertz CT molecular complexity index is 848. The highest BCUT2D eigenvalue weighted by atomic mass is 32.2. The van der Waals surface area contributed by atoms with Gasteiger partial charge in [-0.3, -0.25) is 0 Å². The topological polar surface area (TPSA) is 37.4 Å². The molecular weight excluding hydrogens is 306 g/mol. The van der Waals surface area contributed by atoms with Gasteiger partial charge in [0, 0.05) is 0 Å². The molecule has 0 unspecified atom stereocenters. The van der Waals surface area contributed by atoms with E-state index in [0.29, 0.717) is 4.90 Å². The lowest BCUT2D eigenvalue weighted by molar-refractivity contribution is 0.352. The van der Waals surface area contributed by atoms with Crippen LogP contribution in [0.2, 0.25) is 0 Å². The predicted molar refractivity (Wildman–Crippen MR) is 91.4 cm³/mol. The Morgan fingerprint density at radius 1 is 1.17 bits per heavy atom. The van der Waals surface area contributed by atoms with Gasteiger partial charge in [0.15, 0.2) is 0 Å². The fourth-order valence-corrected chi connectivity index (χ4v) is 4.68. The summed E-state index contributed by atoms with van der Waals surface area (Å²) in [5, 5.41) is 0. The molecule has 1 aliphatic rings. The van der Waals surface area contributed by atoms with E-state index in [4.69, 9.17) is 6.42 Å². The maximum atomic E-state index is 13.1. The van der Waals surface area contributed by atoms with E-state index in [0.717, 1.165) is 24.0 Å². The molecule has 0 saturated heterocycles. The number of nitrogens with zero attached hydrogens (tertiary/aromatic N) is 1. The maximum Gasteiger partial charge on any atom is 0.244 e. The first-order chi connectivity index (χ1) is 11.0. The molecule has 0 bridgehead atoms. The Hall–Kier alpha value is -2.09. The smallest absolute Gasteiger partial charge is 0.207 e. The summed E-state index contributed by atoms with van der Waals surface area (Å²) < 4.78 is 27.6. The minimum Gasteiger partial charge on any atom is -0.207 e. The molecule has 3 rings (SSSR count). The molecule has 0 spiro atoms. The molecule has 0 N–H and O–H groups in total. The maximum absolute atomic E-state index is 13.1. The van der Waals surface area contributed by atoms with Gasteiger partial charge >= 0.3 is 0 Å². The van der Waals surface area contributed by atoms with Gasteiger partial charge in [0.25, 0.3) is 0 Å². The van der Waals surface area contributed by atoms with Crippen molar-refractivity contribution in [3.8, 4) is 12.3 Å². The number of aryl methyl sites for hydroxylation is 2. The number of rotatable bonds is 4. The van der Waals surface area contributed by atoms with Crippen LogP contribution in [0.15, 0.2) is 53.4 Å². The monoisotopic (exact) mass is 325 g/mol. The number of hydrogen-bond acceptors (Lipinski definition) is 2. The van der Waals surface area contributed by atoms with E-state index in [1.807, 2.05) is 37.3 Å². The Balaban J connectivity index is 2.03. The third-order valence-electron chi connectivity index (χ3n) is 4.32. The second kappa shape index (κ2) is 6.19. The Morgan fingerprint density at radius 3 is 2.57 bits per heavy atom. The van der Waals surface area contributed by atoms with Crippen LogP contribution in [0.25, 0.3) is 0 Å². The van der Waals surface area contributed by atoms with E-state index in [2.05, 4.69) is 12.0 Å². The van der Waals surface area contributed by atoms with E-state index in [1.165, 1.54) is 9.87 Å². The largest absolute Gasteiger partial charge is 0.244 e. The third kappa shape index (κ3) is 2.90. The highest BCUT2D eigenvalue weighted by Gasteiger charge is 2.35. The van der Waals surface area contributed by atoms with E-state index < -0.39 is 10.0 Å². The zero-order valence-electron chi connectivity index (χ0n) is 13.1. The SMILES string of the molecule is C#CCN([C@@H]1CCc2ccccc21)S(=O)(=O)c1ccc(C)cc1. The lowest BCUT2D eigenvalue weighted by Crippen LogP contribution is -2.34. The minimum absolute atomic E-state index is 0.0786. The summed E-state index contributed by atoms with van der Waals surface area (Å²) in [6.07, 6.45) is 7.11. The Morgan fingerprint density at radius 2 is 1.87 bits per heavy atom. The van der Waals surface area contributed by atoms with E-state index in [1.54, 1.807) is 12.1 Å². The van der Waals surface area contributed by atoms with Crippen molar-refractivity contribution in [2.45, 2.75) is 30.7 Å². The molecule has 0 saturated carbocycles. The van der Waals surface area contributed by atoms with Gasteiger partial charge in [-0.05, 0) is 43.0 Å². The van der Waals surface area contributed by atoms with Crippen LogP contribution in [0.5, 0.6) is 0 Å². The summed E-state index contributed by atoms with van der Waals surface area (Å²) in [5.41, 5.74) is 3.30. The van der Waals surface area contributed by atoms with Crippen LogP contribution < -0.4 is 0 Å². The molecule has 4 heteroatoms. The second-order valence-corrected chi connectivity index (χ2v) is 7.71. The van der Waals surface area contributed by atoms with Gasteiger partial charge < -0.3 is 0 Å². The average Bonchev–Trinajstić information content (AvgIpc) is 2.96. The molecule has 3 nitrogen and oxygen atoms in total. The standard InChI is InChI=1S/C19H19NO2S/c1-3-14-20(19-13-10-16-6-4-5-7-18(16)19)23(21,22)17-11-8-15(2)9-12-17/h1,4-9,11-12,19H,10,13-14H2,2H3/t19-/m1/s1. The number of hydrogen-bond donors (Lipinski definition) is 0. The molecule has 118 valence electrons. The summed E-state index contributed by atoms with van der Waals surface area (Å²) in [6.45, 7) is 2.01. The van der Waals surface area contributed by atoms with E-state index in [-0.39, 0.29) is 12.6 Å². The molecular formula is C19H19NO2S. The molecule has 0 aliphatic heterocycles. The lowest BCUT2D eigenvalue weighted by atomic mass is 10.1. The van der Waals surface area contributed by atoms with Crippen LogP contribution in [0.4, 0.5) is 0 Å². The van der Waals surface area contributed by atoms with Crippen LogP contribution in [-0.2, 0) is 16.4 Å². The minimum atomic E-state index is -3.62. The van der Waals surface area contributed by atoms with Gasteiger partial charge in [0.1, 0.15) is 0 Å². The van der Waals surface area contributed by atoms with Gasteiger partial charge in [-0.2, -0.15) is 4.31 Å². The Kier molecular flexibility index (Phi) is 4.25. The van der Waals surface area contributed by atoms with Crippen LogP contribution in [0, 0.1) is 19.3 Å². The van der Waals surface area contributed by atoms with Crippen molar-refractivity contribution >= 4 is 10.0 Å². The first-order valence-corrected chi connectivity index (χ1v) is 9.08. The van der Waals surface area contributed by atoms with Crippen LogP contribution in [0.1, 0.15) is 29.2 Å². The summed E-state index contributed by atoms with van der Waals surface area (Å²) in [4.78, 5) is 0.294. The van der Waals surface area contributed by atoms with Crippen molar-refractivity contribution in [3.05, 3.63) is 65.2 Å². The average molecular weight is 325 g/mol. The van der Waals surface area contributed by atoms with Crippen LogP contribution >= 0.6 is 0 Å². The normalized spacial score (nSPS) is 17.0. The van der Waals surface area contributed by atoms with Gasteiger partial charge in [-0.25, -0.2) is 8.42 Å². The lowest BCUT2D eigenvalue weighted by Gasteiger charge is -2.27. The summed E-state index contributed by atoms with van der Waals surface area (Å²) in [6, 6.07) is 14.7. The molecule has 23 heavy (non-hydrogen) atoms. The molecule has 1 aliphatic carbocycles. The molecule has 0 aromatic heterocycles. The van der Waals surface area contributed by atoms with Crippen molar-refractivity contribution in [1.82, 2.24) is 4.31 Å². The van der Waals surface area contributed by atoms with Gasteiger partial charge in [0.2, 0.25) is 10.0 Å². The third-order valence-corrected chi connectivity index (χ3v) is 6.19. The number of terminal acetylenes is 1. The van der Waals surface area contributed by atoms with Gasteiger partial charge in [-0.1, -0.05) is 47.9 Å². The van der Waals surface area contributed by atoms with Crippen LogP contribution in [-0.4, -0.2) is 19.3 Å². The van der Waals surface area contributed by atoms with Crippen molar-refractivity contribution in [3.63, 3.8) is 0 Å². The second-order valence-electron chi connectivity index (χ2n) is 5.82. The molecule has 0 radical (unpaired) electrons. The number of benzene rings is 2. The fraction of sp³-hybridized carbons (Fsp3) is 0.263. The van der Waals surface area contributed by atoms with Crippen molar-refractivity contribution in [1.29, 1.82) is 0 Å². The van der Waals surface area contributed by atoms with E-state index in [9.17, 15) is 8.42 Å². The Labute approximate surface area is 138 Å². The molecule has 2 aromatic carbocycles. The quantitative estimate of drug-likeness (QED) is 0.809.